The van der Waals surface area contributed by atoms with Gasteiger partial charge in [0.05, 0.1) is 17.3 Å². The number of sulfone groups is 2. The lowest BCUT2D eigenvalue weighted by atomic mass is 10.2. The van der Waals surface area contributed by atoms with E-state index in [-0.39, 0.29) is 0 Å². The van der Waals surface area contributed by atoms with E-state index >= 15 is 0 Å². The summed E-state index contributed by atoms with van der Waals surface area (Å²) in [6, 6.07) is -4.85. The number of hydrogen-bond acceptors (Lipinski definition) is 7. The zero-order chi connectivity index (χ0) is 25.6. The van der Waals surface area contributed by atoms with Crippen LogP contribution in [0.15, 0.2) is 0 Å². The van der Waals surface area contributed by atoms with Gasteiger partial charge in [-0.25, -0.2) is 21.6 Å². The van der Waals surface area contributed by atoms with Crippen LogP contribution in [-0.2, 0) is 24.4 Å². The molecule has 0 heterocycles. The molecular formula is C16H28F6N2O6S2. The van der Waals surface area contributed by atoms with Crippen LogP contribution in [0.2, 0.25) is 0 Å². The molecule has 32 heavy (non-hydrogen) atoms. The maximum Gasteiger partial charge on any atom is 0.408 e. The van der Waals surface area contributed by atoms with Gasteiger partial charge in [0.15, 0.2) is 9.84 Å². The Hall–Kier alpha value is -1.29. The van der Waals surface area contributed by atoms with Gasteiger partial charge in [0.1, 0.15) is 27.5 Å². The highest BCUT2D eigenvalue weighted by Gasteiger charge is 2.42. The minimum absolute atomic E-state index is 0.743. The zero-order valence-corrected chi connectivity index (χ0v) is 19.6. The van der Waals surface area contributed by atoms with Crippen LogP contribution in [0, 0.1) is 0 Å². The highest BCUT2D eigenvalue weighted by atomic mass is 32.2. The topological polar surface area (TPSA) is 119 Å². The molecule has 0 saturated carbocycles. The predicted molar refractivity (Wildman–Crippen MR) is 105 cm³/mol. The van der Waals surface area contributed by atoms with Gasteiger partial charge in [0, 0.05) is 12.8 Å². The molecule has 0 fully saturated rings. The second-order valence-corrected chi connectivity index (χ2v) is 12.7. The van der Waals surface area contributed by atoms with Gasteiger partial charge in [-0.3, -0.25) is 0 Å². The standard InChI is InChI=1S/C16H28F6N2O6S2/c1-14(2,3)30-13(25)24-12(16(20,21)22)6-9-32(28,29)10-7-23-11(15(17,18)19)5-8-31(4,26)27/h11-12,23H,5-10H2,1-4H3,(H,24,25). The molecular weight excluding hydrogens is 494 g/mol. The number of ether oxygens (including phenoxy) is 1. The first kappa shape index (κ1) is 30.7. The van der Waals surface area contributed by atoms with Gasteiger partial charge in [0.25, 0.3) is 0 Å². The summed E-state index contributed by atoms with van der Waals surface area (Å²) in [6.07, 6.45) is -12.4. The summed E-state index contributed by atoms with van der Waals surface area (Å²) in [5, 5.41) is 3.42. The number of carbonyl (C=O) groups excluding carboxylic acids is 1. The summed E-state index contributed by atoms with van der Waals surface area (Å²) in [7, 11) is -7.93. The Morgan fingerprint density at radius 2 is 1.31 bits per heavy atom. The van der Waals surface area contributed by atoms with E-state index in [1.807, 2.05) is 5.32 Å². The Morgan fingerprint density at radius 3 is 1.72 bits per heavy atom. The number of halogens is 6. The van der Waals surface area contributed by atoms with Crippen LogP contribution in [0.25, 0.3) is 0 Å². The fourth-order valence-electron chi connectivity index (χ4n) is 2.27. The third kappa shape index (κ3) is 14.7. The molecule has 2 atom stereocenters. The summed E-state index contributed by atoms with van der Waals surface area (Å²) in [6.45, 7) is 3.48. The van der Waals surface area contributed by atoms with Gasteiger partial charge >= 0.3 is 18.4 Å². The summed E-state index contributed by atoms with van der Waals surface area (Å²) in [5.41, 5.74) is -1.09. The highest BCUT2D eigenvalue weighted by Crippen LogP contribution is 2.24. The van der Waals surface area contributed by atoms with Crippen molar-refractivity contribution < 1.29 is 52.7 Å². The molecule has 16 heteroatoms. The Kier molecular flexibility index (Phi) is 10.8. The molecule has 0 aliphatic rings. The smallest absolute Gasteiger partial charge is 0.408 e. The van der Waals surface area contributed by atoms with Crippen LogP contribution in [0.3, 0.4) is 0 Å². The maximum absolute atomic E-state index is 13.1. The quantitative estimate of drug-likeness (QED) is 0.400. The van der Waals surface area contributed by atoms with Crippen molar-refractivity contribution in [1.29, 1.82) is 0 Å². The SMILES string of the molecule is CC(C)(C)OC(=O)NC(CCS(=O)(=O)CCNC(CCS(C)(=O)=O)C(F)(F)F)C(F)(F)F. The minimum atomic E-state index is -4.99. The lowest BCUT2D eigenvalue weighted by molar-refractivity contribution is -0.156. The van der Waals surface area contributed by atoms with Crippen molar-refractivity contribution in [3.63, 3.8) is 0 Å². The van der Waals surface area contributed by atoms with Crippen molar-refractivity contribution in [2.24, 2.45) is 0 Å². The van der Waals surface area contributed by atoms with E-state index < -0.39 is 92.5 Å². The Balaban J connectivity index is 4.92. The average molecular weight is 523 g/mol. The largest absolute Gasteiger partial charge is 0.444 e. The van der Waals surface area contributed by atoms with Crippen LogP contribution in [0.4, 0.5) is 31.1 Å². The Bertz CT molecular complexity index is 819. The number of amides is 1. The van der Waals surface area contributed by atoms with E-state index in [1.165, 1.54) is 26.1 Å². The number of rotatable bonds is 11. The molecule has 0 radical (unpaired) electrons. The van der Waals surface area contributed by atoms with Gasteiger partial charge in [-0.1, -0.05) is 0 Å². The summed E-state index contributed by atoms with van der Waals surface area (Å²) >= 11 is 0. The van der Waals surface area contributed by atoms with Crippen molar-refractivity contribution in [1.82, 2.24) is 10.6 Å². The average Bonchev–Trinajstić information content (AvgIpc) is 2.49. The number of alkyl carbamates (subject to hydrolysis) is 1. The molecule has 2 N–H and O–H groups in total. The van der Waals surface area contributed by atoms with E-state index in [0.717, 1.165) is 6.26 Å². The molecule has 0 aromatic rings. The highest BCUT2D eigenvalue weighted by molar-refractivity contribution is 7.91. The second kappa shape index (κ2) is 11.2. The molecule has 192 valence electrons. The third-order valence-electron chi connectivity index (χ3n) is 3.78. The monoisotopic (exact) mass is 522 g/mol. The molecule has 0 spiro atoms. The van der Waals surface area contributed by atoms with Crippen LogP contribution >= 0.6 is 0 Å². The molecule has 0 aliphatic heterocycles. The Morgan fingerprint density at radius 1 is 0.844 bits per heavy atom. The maximum atomic E-state index is 13.1. The van der Waals surface area contributed by atoms with Gasteiger partial charge in [-0.15, -0.1) is 0 Å². The van der Waals surface area contributed by atoms with Crippen molar-refractivity contribution >= 4 is 25.8 Å². The first-order valence-electron chi connectivity index (χ1n) is 9.26. The van der Waals surface area contributed by atoms with Crippen molar-refractivity contribution in [2.45, 2.75) is 63.7 Å². The lowest BCUT2D eigenvalue weighted by Crippen LogP contribution is -2.48. The first-order chi connectivity index (χ1) is 14.0. The third-order valence-corrected chi connectivity index (χ3v) is 6.44. The van der Waals surface area contributed by atoms with Crippen LogP contribution in [0.5, 0.6) is 0 Å². The van der Waals surface area contributed by atoms with Crippen molar-refractivity contribution in [2.75, 3.05) is 30.1 Å². The summed E-state index contributed by atoms with van der Waals surface area (Å²) < 4.78 is 129. The Labute approximate surface area is 183 Å². The van der Waals surface area contributed by atoms with E-state index in [1.54, 1.807) is 0 Å². The van der Waals surface area contributed by atoms with E-state index in [4.69, 9.17) is 4.74 Å². The molecule has 0 saturated heterocycles. The lowest BCUT2D eigenvalue weighted by Gasteiger charge is -2.25. The second-order valence-electron chi connectivity index (χ2n) is 8.15. The van der Waals surface area contributed by atoms with Crippen LogP contribution in [-0.4, -0.2) is 83.0 Å². The van der Waals surface area contributed by atoms with Gasteiger partial charge < -0.3 is 15.4 Å². The molecule has 2 unspecified atom stereocenters. The molecule has 8 nitrogen and oxygen atoms in total. The van der Waals surface area contributed by atoms with Gasteiger partial charge in [-0.05, 0) is 33.6 Å². The van der Waals surface area contributed by atoms with E-state index in [0.29, 0.717) is 0 Å². The fourth-order valence-corrected chi connectivity index (χ4v) is 4.16. The predicted octanol–water partition coefficient (Wildman–Crippen LogP) is 2.20. The van der Waals surface area contributed by atoms with Crippen molar-refractivity contribution in [3.8, 4) is 0 Å². The van der Waals surface area contributed by atoms with E-state index in [9.17, 15) is 48.0 Å². The molecule has 1 amide bonds. The molecule has 0 aromatic heterocycles. The van der Waals surface area contributed by atoms with Gasteiger partial charge in [0.2, 0.25) is 0 Å². The van der Waals surface area contributed by atoms with E-state index in [2.05, 4.69) is 0 Å². The number of carbonyl (C=O) groups is 1. The summed E-state index contributed by atoms with van der Waals surface area (Å²) in [4.78, 5) is 11.6. The van der Waals surface area contributed by atoms with Gasteiger partial charge in [-0.2, -0.15) is 26.3 Å². The number of nitrogens with one attached hydrogen (secondary N) is 2. The molecule has 0 rings (SSSR count). The first-order valence-corrected chi connectivity index (χ1v) is 13.1. The van der Waals surface area contributed by atoms with Crippen LogP contribution in [0.1, 0.15) is 33.6 Å². The zero-order valence-electron chi connectivity index (χ0n) is 17.9. The number of hydrogen-bond donors (Lipinski definition) is 2. The summed E-state index contributed by atoms with van der Waals surface area (Å²) in [5.74, 6) is -2.77. The minimum Gasteiger partial charge on any atom is -0.444 e. The molecule has 0 aliphatic carbocycles. The normalized spacial score (nSPS) is 15.8. The fraction of sp³-hybridized carbons (Fsp3) is 0.938. The van der Waals surface area contributed by atoms with Crippen LogP contribution < -0.4 is 10.6 Å². The molecule has 0 aromatic carbocycles. The number of alkyl halides is 6. The molecule has 0 bridgehead atoms. The van der Waals surface area contributed by atoms with Crippen molar-refractivity contribution in [3.05, 3.63) is 0 Å².